The van der Waals surface area contributed by atoms with Crippen molar-refractivity contribution in [3.05, 3.63) is 0 Å². The summed E-state index contributed by atoms with van der Waals surface area (Å²) < 4.78 is 0. The fraction of sp³-hybridized carbons (Fsp3) is 1.00. The van der Waals surface area contributed by atoms with E-state index in [0.717, 1.165) is 0 Å². The van der Waals surface area contributed by atoms with Crippen LogP contribution < -0.4 is 10.6 Å². The van der Waals surface area contributed by atoms with Gasteiger partial charge in [-0.15, -0.1) is 0 Å². The Kier molecular flexibility index (Phi) is 7.30. The lowest BCUT2D eigenvalue weighted by Crippen LogP contribution is -2.63. The molecule has 0 heterocycles. The highest BCUT2D eigenvalue weighted by Crippen LogP contribution is 2.27. The Morgan fingerprint density at radius 2 is 0.571 bits per heavy atom. The minimum absolute atomic E-state index is 0.0421. The second-order valence-corrected chi connectivity index (χ2v) is 8.71. The van der Waals surface area contributed by atoms with Crippen LogP contribution in [0.25, 0.3) is 0 Å². The van der Waals surface area contributed by atoms with Crippen molar-refractivity contribution in [1.29, 1.82) is 0 Å². The second-order valence-electron chi connectivity index (χ2n) is 8.71. The van der Waals surface area contributed by atoms with Crippen molar-refractivity contribution < 1.29 is 40.9 Å². The molecule has 10 heteroatoms. The standard InChI is InChI=1S/C18H34N2O8/c21-11-4-12(22)8(20-10-3-16(26)18(28)6-14(10)24)1-7(11)19-9-2-15(25)17(27)5-13(9)23/h7-28H,1-6H2/t7-,8-,9-,10+,11-,12-,13?,14?,15?,16?,17?,18?/m1/s1. The van der Waals surface area contributed by atoms with E-state index in [2.05, 4.69) is 10.6 Å². The maximum absolute atomic E-state index is 10.4. The molecule has 0 aromatic carbocycles. The highest BCUT2D eigenvalue weighted by Gasteiger charge is 2.42. The van der Waals surface area contributed by atoms with E-state index >= 15 is 0 Å². The molecule has 0 aromatic rings. The van der Waals surface area contributed by atoms with Gasteiger partial charge in [0, 0.05) is 43.4 Å². The van der Waals surface area contributed by atoms with Crippen LogP contribution in [0.4, 0.5) is 0 Å². The van der Waals surface area contributed by atoms with Crippen LogP contribution in [0.15, 0.2) is 0 Å². The largest absolute Gasteiger partial charge is 0.391 e. The Morgan fingerprint density at radius 1 is 0.321 bits per heavy atom. The third-order valence-electron chi connectivity index (χ3n) is 6.55. The van der Waals surface area contributed by atoms with Crippen LogP contribution in [-0.2, 0) is 0 Å². The zero-order chi connectivity index (χ0) is 20.6. The summed E-state index contributed by atoms with van der Waals surface area (Å²) in [5.74, 6) is 0. The van der Waals surface area contributed by atoms with Crippen LogP contribution in [0.3, 0.4) is 0 Å². The first kappa shape index (κ1) is 22.3. The lowest BCUT2D eigenvalue weighted by Gasteiger charge is -2.44. The van der Waals surface area contributed by atoms with Gasteiger partial charge in [0.05, 0.1) is 48.8 Å². The number of hydrogen-bond acceptors (Lipinski definition) is 10. The van der Waals surface area contributed by atoms with Crippen molar-refractivity contribution in [2.75, 3.05) is 0 Å². The van der Waals surface area contributed by atoms with E-state index in [1.165, 1.54) is 0 Å². The van der Waals surface area contributed by atoms with Crippen LogP contribution in [0.2, 0.25) is 0 Å². The molecule has 12 atom stereocenters. The van der Waals surface area contributed by atoms with Gasteiger partial charge in [0.2, 0.25) is 0 Å². The quantitative estimate of drug-likeness (QED) is 0.220. The summed E-state index contributed by atoms with van der Waals surface area (Å²) in [6, 6.07) is -1.91. The molecular weight excluding hydrogens is 372 g/mol. The molecule has 164 valence electrons. The third-order valence-corrected chi connectivity index (χ3v) is 6.55. The van der Waals surface area contributed by atoms with Crippen LogP contribution in [0, 0.1) is 0 Å². The van der Waals surface area contributed by atoms with Crippen LogP contribution >= 0.6 is 0 Å². The predicted octanol–water partition coefficient (Wildman–Crippen LogP) is -4.09. The molecule has 3 aliphatic rings. The minimum Gasteiger partial charge on any atom is -0.391 e. The van der Waals surface area contributed by atoms with Crippen molar-refractivity contribution in [2.45, 2.75) is 112 Å². The molecule has 3 rings (SSSR count). The Labute approximate surface area is 163 Å². The van der Waals surface area contributed by atoms with E-state index < -0.39 is 73.0 Å². The molecule has 10 N–H and O–H groups in total. The Hall–Kier alpha value is -0.400. The van der Waals surface area contributed by atoms with Gasteiger partial charge >= 0.3 is 0 Å². The fourth-order valence-electron chi connectivity index (χ4n) is 4.72. The normalized spacial score (nSPS) is 53.1. The minimum atomic E-state index is -0.977. The van der Waals surface area contributed by atoms with Gasteiger partial charge in [-0.05, 0) is 19.3 Å². The molecule has 0 bridgehead atoms. The monoisotopic (exact) mass is 406 g/mol. The van der Waals surface area contributed by atoms with Gasteiger partial charge in [0.1, 0.15) is 0 Å². The summed E-state index contributed by atoms with van der Waals surface area (Å²) in [6.45, 7) is 0. The molecule has 0 saturated heterocycles. The number of rotatable bonds is 4. The van der Waals surface area contributed by atoms with Gasteiger partial charge in [-0.1, -0.05) is 0 Å². The van der Waals surface area contributed by atoms with E-state index in [0.29, 0.717) is 6.42 Å². The Bertz CT molecular complexity index is 472. The van der Waals surface area contributed by atoms with Gasteiger partial charge in [-0.25, -0.2) is 0 Å². The fourth-order valence-corrected chi connectivity index (χ4v) is 4.72. The molecular formula is C18H34N2O8. The molecule has 28 heavy (non-hydrogen) atoms. The van der Waals surface area contributed by atoms with Crippen molar-refractivity contribution in [2.24, 2.45) is 0 Å². The highest BCUT2D eigenvalue weighted by atomic mass is 16.3. The van der Waals surface area contributed by atoms with Crippen molar-refractivity contribution in [3.8, 4) is 0 Å². The summed E-state index contributed by atoms with van der Waals surface area (Å²) in [5, 5.41) is 86.4. The molecule has 0 spiro atoms. The first-order chi connectivity index (χ1) is 13.2. The summed E-state index contributed by atoms with van der Waals surface area (Å²) in [5.41, 5.74) is 0. The summed E-state index contributed by atoms with van der Waals surface area (Å²) in [4.78, 5) is 0. The van der Waals surface area contributed by atoms with Gasteiger partial charge in [0.15, 0.2) is 0 Å². The topological polar surface area (TPSA) is 186 Å². The predicted molar refractivity (Wildman–Crippen MR) is 97.2 cm³/mol. The van der Waals surface area contributed by atoms with Crippen LogP contribution in [0.1, 0.15) is 38.5 Å². The molecule has 3 saturated carbocycles. The molecule has 10 nitrogen and oxygen atoms in total. The summed E-state index contributed by atoms with van der Waals surface area (Å²) >= 11 is 0. The van der Waals surface area contributed by atoms with E-state index in [1.807, 2.05) is 0 Å². The Balaban J connectivity index is 1.60. The average molecular weight is 406 g/mol. The maximum Gasteiger partial charge on any atom is 0.0824 e. The molecule has 0 aliphatic heterocycles. The number of hydrogen-bond donors (Lipinski definition) is 10. The smallest absolute Gasteiger partial charge is 0.0824 e. The number of nitrogens with one attached hydrogen (secondary N) is 2. The van der Waals surface area contributed by atoms with E-state index in [4.69, 9.17) is 0 Å². The third kappa shape index (κ3) is 5.01. The van der Waals surface area contributed by atoms with Crippen molar-refractivity contribution in [3.63, 3.8) is 0 Å². The maximum atomic E-state index is 10.4. The molecule has 3 aliphatic carbocycles. The van der Waals surface area contributed by atoms with Crippen molar-refractivity contribution in [1.82, 2.24) is 10.6 Å². The zero-order valence-electron chi connectivity index (χ0n) is 15.7. The molecule has 0 aromatic heterocycles. The highest BCUT2D eigenvalue weighted by molar-refractivity contribution is 5.00. The molecule has 0 amide bonds. The van der Waals surface area contributed by atoms with Crippen LogP contribution in [0.5, 0.6) is 0 Å². The summed E-state index contributed by atoms with van der Waals surface area (Å²) in [6.07, 6.45) is -6.50. The van der Waals surface area contributed by atoms with E-state index in [1.54, 1.807) is 0 Å². The lowest BCUT2D eigenvalue weighted by molar-refractivity contribution is -0.0818. The molecule has 0 radical (unpaired) electrons. The van der Waals surface area contributed by atoms with Gasteiger partial charge in [-0.2, -0.15) is 0 Å². The number of aliphatic hydroxyl groups is 8. The number of aliphatic hydroxyl groups excluding tert-OH is 8. The van der Waals surface area contributed by atoms with Crippen LogP contribution in [-0.4, -0.2) is 114 Å². The zero-order valence-corrected chi connectivity index (χ0v) is 15.7. The lowest BCUT2D eigenvalue weighted by atomic mass is 9.81. The van der Waals surface area contributed by atoms with E-state index in [-0.39, 0.29) is 32.1 Å². The second kappa shape index (κ2) is 9.17. The summed E-state index contributed by atoms with van der Waals surface area (Å²) in [7, 11) is 0. The van der Waals surface area contributed by atoms with Gasteiger partial charge < -0.3 is 51.5 Å². The molecule has 6 unspecified atom stereocenters. The molecule has 3 fully saturated rings. The first-order valence-corrected chi connectivity index (χ1v) is 10.1. The Morgan fingerprint density at radius 3 is 0.929 bits per heavy atom. The van der Waals surface area contributed by atoms with Crippen molar-refractivity contribution >= 4 is 0 Å². The SMILES string of the molecule is OC1CC(O)[C@@H](N[C@@H]2C[C@@H](N[C@@H]3CC(O)C(O)CC3O)[C@H](O)C[C@H]2O)CC1O. The van der Waals surface area contributed by atoms with Gasteiger partial charge in [-0.3, -0.25) is 0 Å². The average Bonchev–Trinajstić information content (AvgIpc) is 2.61. The first-order valence-electron chi connectivity index (χ1n) is 10.1. The van der Waals surface area contributed by atoms with Gasteiger partial charge in [0.25, 0.3) is 0 Å². The van der Waals surface area contributed by atoms with E-state index in [9.17, 15) is 40.9 Å².